The normalized spacial score (nSPS) is 11.5. The number of para-hydroxylation sites is 1. The molecule has 4 aromatic rings. The number of sulfonamides is 1. The first-order valence-electron chi connectivity index (χ1n) is 11.0. The average molecular weight is 529 g/mol. The highest BCUT2D eigenvalue weighted by Gasteiger charge is 2.21. The van der Waals surface area contributed by atoms with Crippen LogP contribution in [0.1, 0.15) is 30.9 Å². The standard InChI is InChI=1S/C25H25FN4O4S2/c1-15(2)16-7-9-17(10-8-16)22-24(26)35-25(29-22)30-36(32,33)21-12-11-19(14-28-21)27-13-18-5-4-6-20(34-3)23(18)31/h4-12,14-15,27,31H,13H2,1-3H3,(H,29,30). The van der Waals surface area contributed by atoms with Gasteiger partial charge in [-0.1, -0.05) is 61.6 Å². The fourth-order valence-corrected chi connectivity index (χ4v) is 5.31. The predicted octanol–water partition coefficient (Wildman–Crippen LogP) is 5.59. The zero-order valence-corrected chi connectivity index (χ0v) is 21.5. The molecule has 0 spiro atoms. The van der Waals surface area contributed by atoms with Crippen molar-refractivity contribution >= 4 is 32.2 Å². The van der Waals surface area contributed by atoms with Crippen molar-refractivity contribution in [3.05, 3.63) is 77.1 Å². The van der Waals surface area contributed by atoms with Crippen LogP contribution in [0.3, 0.4) is 0 Å². The zero-order chi connectivity index (χ0) is 25.9. The lowest BCUT2D eigenvalue weighted by molar-refractivity contribution is 0.371. The van der Waals surface area contributed by atoms with E-state index in [4.69, 9.17) is 4.74 Å². The molecule has 2 aromatic heterocycles. The molecule has 0 radical (unpaired) electrons. The Hall–Kier alpha value is -3.70. The second kappa shape index (κ2) is 10.5. The molecule has 2 heterocycles. The monoisotopic (exact) mass is 528 g/mol. The summed E-state index contributed by atoms with van der Waals surface area (Å²) < 4.78 is 47.5. The number of ether oxygens (including phenoxy) is 1. The molecule has 188 valence electrons. The van der Waals surface area contributed by atoms with Crippen LogP contribution in [0, 0.1) is 5.13 Å². The van der Waals surface area contributed by atoms with Crippen LogP contribution in [0.25, 0.3) is 11.3 Å². The number of thiazole rings is 1. The summed E-state index contributed by atoms with van der Waals surface area (Å²) in [5.74, 6) is 0.717. The highest BCUT2D eigenvalue weighted by atomic mass is 32.2. The second-order valence-corrected chi connectivity index (χ2v) is 10.8. The fraction of sp³-hybridized carbons (Fsp3) is 0.200. The van der Waals surface area contributed by atoms with Crippen LogP contribution < -0.4 is 14.8 Å². The van der Waals surface area contributed by atoms with Crippen LogP contribution >= 0.6 is 11.3 Å². The van der Waals surface area contributed by atoms with Crippen molar-refractivity contribution in [1.82, 2.24) is 9.97 Å². The molecule has 0 aliphatic carbocycles. The number of benzene rings is 2. The number of nitrogens with zero attached hydrogens (tertiary/aromatic N) is 2. The summed E-state index contributed by atoms with van der Waals surface area (Å²) in [6.07, 6.45) is 1.36. The smallest absolute Gasteiger partial charge is 0.281 e. The SMILES string of the molecule is COc1cccc(CNc2ccc(S(=O)(=O)Nc3nc(-c4ccc(C(C)C)cc4)c(F)s3)nc2)c1O. The third-order valence-electron chi connectivity index (χ3n) is 5.46. The summed E-state index contributed by atoms with van der Waals surface area (Å²) in [6.45, 7) is 4.40. The van der Waals surface area contributed by atoms with E-state index in [1.165, 1.54) is 19.4 Å². The highest BCUT2D eigenvalue weighted by Crippen LogP contribution is 2.32. The van der Waals surface area contributed by atoms with Gasteiger partial charge in [0.05, 0.1) is 19.0 Å². The third-order valence-corrected chi connectivity index (χ3v) is 7.60. The van der Waals surface area contributed by atoms with E-state index in [0.29, 0.717) is 39.8 Å². The van der Waals surface area contributed by atoms with E-state index < -0.39 is 15.2 Å². The van der Waals surface area contributed by atoms with E-state index in [-0.39, 0.29) is 28.1 Å². The molecule has 8 nitrogen and oxygen atoms in total. The van der Waals surface area contributed by atoms with Gasteiger partial charge in [0, 0.05) is 17.7 Å². The Morgan fingerprint density at radius 2 is 1.86 bits per heavy atom. The number of aromatic nitrogens is 2. The van der Waals surface area contributed by atoms with Crippen molar-refractivity contribution in [3.63, 3.8) is 0 Å². The first kappa shape index (κ1) is 25.4. The maximum Gasteiger partial charge on any atom is 0.281 e. The first-order valence-corrected chi connectivity index (χ1v) is 13.3. The van der Waals surface area contributed by atoms with Gasteiger partial charge >= 0.3 is 0 Å². The molecule has 0 amide bonds. The molecule has 0 bridgehead atoms. The predicted molar refractivity (Wildman–Crippen MR) is 139 cm³/mol. The van der Waals surface area contributed by atoms with Crippen LogP contribution in [0.15, 0.2) is 65.8 Å². The van der Waals surface area contributed by atoms with Crippen LogP contribution in [-0.2, 0) is 16.6 Å². The summed E-state index contributed by atoms with van der Waals surface area (Å²) in [5.41, 5.74) is 2.91. The molecule has 4 rings (SSSR count). The van der Waals surface area contributed by atoms with Crippen molar-refractivity contribution in [2.75, 3.05) is 17.1 Å². The van der Waals surface area contributed by atoms with Gasteiger partial charge in [0.2, 0.25) is 5.13 Å². The molecule has 0 aliphatic rings. The fourth-order valence-electron chi connectivity index (χ4n) is 3.43. The number of phenolic OH excluding ortho intramolecular Hbond substituents is 1. The Morgan fingerprint density at radius 1 is 1.11 bits per heavy atom. The van der Waals surface area contributed by atoms with Crippen LogP contribution in [0.4, 0.5) is 15.2 Å². The number of aromatic hydroxyl groups is 1. The van der Waals surface area contributed by atoms with Gasteiger partial charge in [-0.3, -0.25) is 4.72 Å². The summed E-state index contributed by atoms with van der Waals surface area (Å²) in [4.78, 5) is 8.16. The van der Waals surface area contributed by atoms with Gasteiger partial charge in [0.25, 0.3) is 10.0 Å². The topological polar surface area (TPSA) is 113 Å². The number of phenols is 1. The van der Waals surface area contributed by atoms with Crippen molar-refractivity contribution < 1.29 is 22.7 Å². The van der Waals surface area contributed by atoms with Gasteiger partial charge in [-0.05, 0) is 29.7 Å². The molecule has 2 aromatic carbocycles. The number of hydrogen-bond donors (Lipinski definition) is 3. The Labute approximate surface area is 212 Å². The van der Waals surface area contributed by atoms with Gasteiger partial charge in [0.15, 0.2) is 21.7 Å². The Kier molecular flexibility index (Phi) is 7.41. The average Bonchev–Trinajstić information content (AvgIpc) is 3.22. The molecule has 0 saturated carbocycles. The number of methoxy groups -OCH3 is 1. The van der Waals surface area contributed by atoms with Gasteiger partial charge in [-0.25, -0.2) is 9.97 Å². The molecule has 0 atom stereocenters. The number of rotatable bonds is 9. The summed E-state index contributed by atoms with van der Waals surface area (Å²) in [7, 11) is -2.61. The number of hydrogen-bond acceptors (Lipinski definition) is 8. The van der Waals surface area contributed by atoms with Gasteiger partial charge in [-0.2, -0.15) is 12.8 Å². The van der Waals surface area contributed by atoms with Crippen molar-refractivity contribution in [2.24, 2.45) is 0 Å². The minimum Gasteiger partial charge on any atom is -0.504 e. The summed E-state index contributed by atoms with van der Waals surface area (Å²) in [6, 6.07) is 15.3. The maximum absolute atomic E-state index is 14.6. The lowest BCUT2D eigenvalue weighted by atomic mass is 10.0. The summed E-state index contributed by atoms with van der Waals surface area (Å²) in [5, 5.41) is 12.3. The number of anilines is 2. The number of nitrogens with one attached hydrogen (secondary N) is 2. The molecular formula is C25H25FN4O4S2. The number of halogens is 1. The van der Waals surface area contributed by atoms with E-state index in [1.54, 1.807) is 36.4 Å². The molecule has 0 saturated heterocycles. The molecule has 0 unspecified atom stereocenters. The van der Waals surface area contributed by atoms with Crippen LogP contribution in [-0.4, -0.2) is 30.6 Å². The lowest BCUT2D eigenvalue weighted by Crippen LogP contribution is -2.14. The van der Waals surface area contributed by atoms with Crippen LogP contribution in [0.2, 0.25) is 0 Å². The Morgan fingerprint density at radius 3 is 2.50 bits per heavy atom. The molecule has 11 heteroatoms. The lowest BCUT2D eigenvalue weighted by Gasteiger charge is -2.11. The minimum absolute atomic E-state index is 0.0229. The third kappa shape index (κ3) is 5.58. The summed E-state index contributed by atoms with van der Waals surface area (Å²) >= 11 is 0.612. The Balaban J connectivity index is 1.45. The maximum atomic E-state index is 14.6. The largest absolute Gasteiger partial charge is 0.504 e. The minimum atomic E-state index is -4.08. The molecular weight excluding hydrogens is 503 g/mol. The molecule has 3 N–H and O–H groups in total. The van der Waals surface area contributed by atoms with E-state index in [1.807, 2.05) is 12.1 Å². The zero-order valence-electron chi connectivity index (χ0n) is 19.8. The highest BCUT2D eigenvalue weighted by molar-refractivity contribution is 7.92. The van der Waals surface area contributed by atoms with Crippen molar-refractivity contribution in [1.29, 1.82) is 0 Å². The van der Waals surface area contributed by atoms with Gasteiger partial charge in [-0.15, -0.1) is 0 Å². The first-order chi connectivity index (χ1) is 17.2. The van der Waals surface area contributed by atoms with Crippen LogP contribution in [0.5, 0.6) is 11.5 Å². The second-order valence-electron chi connectivity index (χ2n) is 8.23. The van der Waals surface area contributed by atoms with E-state index in [9.17, 15) is 17.9 Å². The van der Waals surface area contributed by atoms with Crippen molar-refractivity contribution in [2.45, 2.75) is 31.3 Å². The van der Waals surface area contributed by atoms with Gasteiger partial charge in [0.1, 0.15) is 5.69 Å². The van der Waals surface area contributed by atoms with E-state index in [2.05, 4.69) is 33.9 Å². The van der Waals surface area contributed by atoms with Crippen molar-refractivity contribution in [3.8, 4) is 22.8 Å². The molecule has 0 fully saturated rings. The molecule has 0 aliphatic heterocycles. The quantitative estimate of drug-likeness (QED) is 0.259. The molecule has 36 heavy (non-hydrogen) atoms. The van der Waals surface area contributed by atoms with E-state index in [0.717, 1.165) is 5.56 Å². The number of pyridine rings is 1. The van der Waals surface area contributed by atoms with E-state index >= 15 is 0 Å². The van der Waals surface area contributed by atoms with Gasteiger partial charge < -0.3 is 15.2 Å². The Bertz CT molecular complexity index is 1450.